The molecule has 1 rings (SSSR count). The predicted molar refractivity (Wildman–Crippen MR) is 68.5 cm³/mol. The number of aromatic nitrogens is 3. The van der Waals surface area contributed by atoms with Gasteiger partial charge < -0.3 is 4.74 Å². The van der Waals surface area contributed by atoms with E-state index in [1.54, 1.807) is 4.57 Å². The van der Waals surface area contributed by atoms with Crippen LogP contribution >= 0.6 is 24.4 Å². The van der Waals surface area contributed by atoms with E-state index in [4.69, 9.17) is 4.74 Å². The maximum atomic E-state index is 11.4. The lowest BCUT2D eigenvalue weighted by molar-refractivity contribution is 0.167. The van der Waals surface area contributed by atoms with Gasteiger partial charge in [-0.25, -0.2) is 9.89 Å². The van der Waals surface area contributed by atoms with Crippen LogP contribution in [-0.4, -0.2) is 39.5 Å². The fourth-order valence-electron chi connectivity index (χ4n) is 1.19. The van der Waals surface area contributed by atoms with E-state index in [-0.39, 0.29) is 5.69 Å². The van der Waals surface area contributed by atoms with E-state index in [9.17, 15) is 4.79 Å². The first-order valence-electron chi connectivity index (χ1n) is 5.26. The first kappa shape index (κ1) is 13.7. The minimum Gasteiger partial charge on any atom is -0.380 e. The Labute approximate surface area is 104 Å². The Kier molecular flexibility index (Phi) is 6.67. The summed E-state index contributed by atoms with van der Waals surface area (Å²) in [5, 5.41) is 7.16. The molecule has 0 spiro atoms. The van der Waals surface area contributed by atoms with Gasteiger partial charge in [0.25, 0.3) is 0 Å². The van der Waals surface area contributed by atoms with Crippen LogP contribution in [0.5, 0.6) is 0 Å². The largest absolute Gasteiger partial charge is 0.380 e. The molecular formula is C9H17N3O2S2. The number of hydrogen-bond donors (Lipinski definition) is 2. The summed E-state index contributed by atoms with van der Waals surface area (Å²) in [4.78, 5) is 11.4. The number of ether oxygens (including phenoxy) is 1. The molecule has 1 aromatic heterocycles. The summed E-state index contributed by atoms with van der Waals surface area (Å²) in [6.07, 6.45) is 0.920. The maximum Gasteiger partial charge on any atom is 0.343 e. The molecular weight excluding hydrogens is 246 g/mol. The molecule has 0 bridgehead atoms. The molecule has 1 heterocycles. The average Bonchev–Trinajstić information content (AvgIpc) is 2.62. The second kappa shape index (κ2) is 7.81. The normalized spacial score (nSPS) is 10.9. The Morgan fingerprint density at radius 2 is 2.38 bits per heavy atom. The van der Waals surface area contributed by atoms with E-state index >= 15 is 0 Å². The van der Waals surface area contributed by atoms with Crippen LogP contribution in [0.2, 0.25) is 0 Å². The molecule has 0 aromatic carbocycles. The van der Waals surface area contributed by atoms with Crippen molar-refractivity contribution in [2.75, 3.05) is 24.7 Å². The molecule has 1 aromatic rings. The summed E-state index contributed by atoms with van der Waals surface area (Å²) in [7, 11) is 0. The summed E-state index contributed by atoms with van der Waals surface area (Å²) in [5.74, 6) is 1.52. The number of thioether (sulfide) groups is 1. The lowest BCUT2D eigenvalue weighted by Crippen LogP contribution is -2.17. The monoisotopic (exact) mass is 263 g/mol. The molecule has 0 amide bonds. The fraction of sp³-hybridized carbons (Fsp3) is 0.778. The van der Waals surface area contributed by atoms with Gasteiger partial charge in [0, 0.05) is 18.1 Å². The minimum absolute atomic E-state index is 0.138. The van der Waals surface area contributed by atoms with Crippen molar-refractivity contribution in [3.63, 3.8) is 0 Å². The highest BCUT2D eigenvalue weighted by atomic mass is 32.2. The highest BCUT2D eigenvalue weighted by Crippen LogP contribution is 2.12. The molecule has 7 heteroatoms. The highest BCUT2D eigenvalue weighted by Gasteiger charge is 2.07. The van der Waals surface area contributed by atoms with Crippen molar-refractivity contribution in [2.24, 2.45) is 0 Å². The predicted octanol–water partition coefficient (Wildman–Crippen LogP) is 1.02. The summed E-state index contributed by atoms with van der Waals surface area (Å²) < 4.78 is 6.94. The Bertz CT molecular complexity index is 351. The first-order valence-corrected chi connectivity index (χ1v) is 6.88. The van der Waals surface area contributed by atoms with Crippen LogP contribution < -0.4 is 5.69 Å². The van der Waals surface area contributed by atoms with Gasteiger partial charge in [-0.15, -0.1) is 5.10 Å². The van der Waals surface area contributed by atoms with Crippen LogP contribution in [0.4, 0.5) is 0 Å². The van der Waals surface area contributed by atoms with E-state index in [1.807, 2.05) is 6.92 Å². The van der Waals surface area contributed by atoms with Gasteiger partial charge in [-0.1, -0.05) is 18.7 Å². The Morgan fingerprint density at radius 3 is 3.06 bits per heavy atom. The number of rotatable bonds is 8. The van der Waals surface area contributed by atoms with Gasteiger partial charge in [-0.2, -0.15) is 12.6 Å². The maximum absolute atomic E-state index is 11.4. The zero-order valence-electron chi connectivity index (χ0n) is 9.31. The highest BCUT2D eigenvalue weighted by molar-refractivity contribution is 7.99. The summed E-state index contributed by atoms with van der Waals surface area (Å²) in [6.45, 7) is 4.04. The molecule has 0 aliphatic rings. The zero-order chi connectivity index (χ0) is 11.8. The van der Waals surface area contributed by atoms with E-state index in [2.05, 4.69) is 22.8 Å². The molecule has 92 valence electrons. The standard InChI is InChI=1S/C9H17N3O2S2/c1-2-3-12-8(13)10-11-9(12)16-7-5-14-4-6-15/h15H,2-7H2,1H3,(H,10,13). The lowest BCUT2D eigenvalue weighted by atomic mass is 10.5. The molecule has 0 aliphatic carbocycles. The smallest absolute Gasteiger partial charge is 0.343 e. The molecule has 0 radical (unpaired) electrons. The van der Waals surface area contributed by atoms with Gasteiger partial charge in [0.1, 0.15) is 0 Å². The van der Waals surface area contributed by atoms with Crippen LogP contribution in [0.25, 0.3) is 0 Å². The van der Waals surface area contributed by atoms with Crippen molar-refractivity contribution >= 4 is 24.4 Å². The molecule has 0 saturated carbocycles. The van der Waals surface area contributed by atoms with Crippen molar-refractivity contribution in [1.82, 2.24) is 14.8 Å². The number of aromatic amines is 1. The van der Waals surface area contributed by atoms with Crippen molar-refractivity contribution in [1.29, 1.82) is 0 Å². The lowest BCUT2D eigenvalue weighted by Gasteiger charge is -2.03. The van der Waals surface area contributed by atoms with E-state index in [0.717, 1.165) is 23.1 Å². The van der Waals surface area contributed by atoms with Gasteiger partial charge in [0.15, 0.2) is 5.16 Å². The molecule has 0 fully saturated rings. The zero-order valence-corrected chi connectivity index (χ0v) is 11.0. The summed E-state index contributed by atoms with van der Waals surface area (Å²) in [5.41, 5.74) is -0.138. The number of H-pyrrole nitrogens is 1. The summed E-state index contributed by atoms with van der Waals surface area (Å²) in [6, 6.07) is 0. The van der Waals surface area contributed by atoms with Crippen LogP contribution in [0, 0.1) is 0 Å². The van der Waals surface area contributed by atoms with Crippen molar-refractivity contribution in [2.45, 2.75) is 25.0 Å². The minimum atomic E-state index is -0.138. The van der Waals surface area contributed by atoms with Gasteiger partial charge in [-0.05, 0) is 6.42 Å². The van der Waals surface area contributed by atoms with Gasteiger partial charge >= 0.3 is 5.69 Å². The van der Waals surface area contributed by atoms with Crippen LogP contribution in [0.3, 0.4) is 0 Å². The number of thiol groups is 1. The molecule has 0 saturated heterocycles. The van der Waals surface area contributed by atoms with Crippen LogP contribution in [0.15, 0.2) is 9.95 Å². The second-order valence-electron chi connectivity index (χ2n) is 3.15. The van der Waals surface area contributed by atoms with Crippen LogP contribution in [0.1, 0.15) is 13.3 Å². The Hall–Kier alpha value is -0.400. The number of nitrogens with one attached hydrogen (secondary N) is 1. The quantitative estimate of drug-likeness (QED) is 0.418. The van der Waals surface area contributed by atoms with Gasteiger partial charge in [-0.3, -0.25) is 4.57 Å². The Balaban J connectivity index is 2.38. The Morgan fingerprint density at radius 1 is 1.56 bits per heavy atom. The third-order valence-electron chi connectivity index (χ3n) is 1.86. The molecule has 0 unspecified atom stereocenters. The molecule has 0 atom stereocenters. The topological polar surface area (TPSA) is 59.9 Å². The summed E-state index contributed by atoms with van der Waals surface area (Å²) >= 11 is 5.57. The van der Waals surface area contributed by atoms with Crippen LogP contribution in [-0.2, 0) is 11.3 Å². The van der Waals surface area contributed by atoms with E-state index < -0.39 is 0 Å². The second-order valence-corrected chi connectivity index (χ2v) is 4.66. The number of hydrogen-bond acceptors (Lipinski definition) is 5. The van der Waals surface area contributed by atoms with Crippen molar-refractivity contribution < 1.29 is 4.74 Å². The third kappa shape index (κ3) is 4.23. The molecule has 1 N–H and O–H groups in total. The van der Waals surface area contributed by atoms with Crippen molar-refractivity contribution in [3.8, 4) is 0 Å². The van der Waals surface area contributed by atoms with Gasteiger partial charge in [0.05, 0.1) is 13.2 Å². The molecule has 0 aliphatic heterocycles. The van der Waals surface area contributed by atoms with Gasteiger partial charge in [0.2, 0.25) is 0 Å². The van der Waals surface area contributed by atoms with Crippen molar-refractivity contribution in [3.05, 3.63) is 10.5 Å². The van der Waals surface area contributed by atoms with E-state index in [0.29, 0.717) is 19.8 Å². The number of nitrogens with zero attached hydrogens (tertiary/aromatic N) is 2. The SMILES string of the molecule is CCCn1c(SCCOCCS)n[nH]c1=O. The molecule has 5 nitrogen and oxygen atoms in total. The first-order chi connectivity index (χ1) is 7.79. The third-order valence-corrected chi connectivity index (χ3v) is 2.99. The molecule has 16 heavy (non-hydrogen) atoms. The average molecular weight is 263 g/mol. The van der Waals surface area contributed by atoms with E-state index in [1.165, 1.54) is 11.8 Å². The fourth-order valence-corrected chi connectivity index (χ4v) is 2.15.